The molecule has 0 saturated carbocycles. The molecule has 6 aromatic rings. The van der Waals surface area contributed by atoms with E-state index in [0.29, 0.717) is 0 Å². The molecule has 0 aliphatic carbocycles. The van der Waals surface area contributed by atoms with Gasteiger partial charge in [0.1, 0.15) is 0 Å². The van der Waals surface area contributed by atoms with Gasteiger partial charge in [0.05, 0.1) is 11.4 Å². The zero-order valence-corrected chi connectivity index (χ0v) is 24.4. The Hall–Kier alpha value is -4.09. The van der Waals surface area contributed by atoms with Gasteiger partial charge in [-0.15, -0.1) is 0 Å². The molecule has 5 heteroatoms. The van der Waals surface area contributed by atoms with Crippen molar-refractivity contribution in [3.05, 3.63) is 146 Å². The zero-order chi connectivity index (χ0) is 25.1. The molecule has 4 nitrogen and oxygen atoms in total. The van der Waals surface area contributed by atoms with Gasteiger partial charge in [0.25, 0.3) is 0 Å². The summed E-state index contributed by atoms with van der Waals surface area (Å²) in [6.07, 6.45) is 7.26. The molecule has 0 aliphatic heterocycles. The maximum Gasteiger partial charge on any atom is 0.0886 e. The second kappa shape index (κ2) is 12.7. The van der Waals surface area contributed by atoms with Crippen molar-refractivity contribution in [2.24, 2.45) is 0 Å². The van der Waals surface area contributed by atoms with Crippen LogP contribution in [0.3, 0.4) is 0 Å². The molecular weight excluding hydrogens is 555 g/mol. The first-order valence-corrected chi connectivity index (χ1v) is 16.2. The van der Waals surface area contributed by atoms with E-state index in [1.807, 2.05) is 60.9 Å². The molecule has 0 bridgehead atoms. The van der Waals surface area contributed by atoms with Crippen molar-refractivity contribution in [2.75, 3.05) is 0 Å². The molecule has 0 aliphatic rings. The van der Waals surface area contributed by atoms with Crippen LogP contribution >= 0.6 is 0 Å². The van der Waals surface area contributed by atoms with Crippen LogP contribution in [0.1, 0.15) is 0 Å². The quantitative estimate of drug-likeness (QED) is 0.276. The van der Waals surface area contributed by atoms with Gasteiger partial charge in [0, 0.05) is 12.4 Å². The average Bonchev–Trinajstić information content (AvgIpc) is 3.00. The minimum absolute atomic E-state index is 0.915. The van der Waals surface area contributed by atoms with E-state index in [1.165, 1.54) is 17.8 Å². The summed E-state index contributed by atoms with van der Waals surface area (Å²) in [5.74, 6) is 0. The maximum atomic E-state index is 4.55. The standard InChI is InChI=1S/2C11H8N.C10H8N2.In.H/c2*1-2-6-10(7-3-1)11-8-4-5-9-12-11;1-3-7-11-9(5-1)10-6-2-4-8-12-10;;/h2*1-6,8-9H;1-8H;;. The molecule has 4 aromatic heterocycles. The van der Waals surface area contributed by atoms with Gasteiger partial charge in [-0.05, 0) is 24.3 Å². The molecule has 0 radical (unpaired) electrons. The van der Waals surface area contributed by atoms with Gasteiger partial charge < -0.3 is 0 Å². The van der Waals surface area contributed by atoms with Gasteiger partial charge in [-0.2, -0.15) is 0 Å². The largest absolute Gasteiger partial charge is 0.255 e. The van der Waals surface area contributed by atoms with Crippen molar-refractivity contribution in [2.45, 2.75) is 0 Å². The maximum absolute atomic E-state index is 4.55. The van der Waals surface area contributed by atoms with Crippen LogP contribution in [0.5, 0.6) is 0 Å². The molecule has 37 heavy (non-hydrogen) atoms. The van der Waals surface area contributed by atoms with Crippen molar-refractivity contribution in [1.29, 1.82) is 0 Å². The van der Waals surface area contributed by atoms with Crippen molar-refractivity contribution in [1.82, 2.24) is 19.9 Å². The van der Waals surface area contributed by atoms with Gasteiger partial charge >= 0.3 is 159 Å². The Bertz CT molecular complexity index is 1410. The summed E-state index contributed by atoms with van der Waals surface area (Å²) in [6.45, 7) is 0. The smallest absolute Gasteiger partial charge is 0.0886 e. The Balaban J connectivity index is 0.000000195. The van der Waals surface area contributed by atoms with E-state index in [4.69, 9.17) is 0 Å². The summed E-state index contributed by atoms with van der Waals surface area (Å²) < 4.78 is 2.96. The average molecular weight is 580 g/mol. The monoisotopic (exact) mass is 580 g/mol. The van der Waals surface area contributed by atoms with E-state index in [2.05, 4.69) is 92.7 Å². The Morgan fingerprint density at radius 1 is 0.324 bits per heavy atom. The number of aromatic nitrogens is 4. The zero-order valence-electron chi connectivity index (χ0n) is 20.4. The van der Waals surface area contributed by atoms with Crippen molar-refractivity contribution >= 4 is 29.5 Å². The van der Waals surface area contributed by atoms with E-state index < -0.39 is 22.9 Å². The molecule has 2 aromatic carbocycles. The first-order valence-electron chi connectivity index (χ1n) is 12.2. The first kappa shape index (κ1) is 24.6. The number of nitrogens with zero attached hydrogens (tertiary/aromatic N) is 4. The van der Waals surface area contributed by atoms with Gasteiger partial charge in [0.15, 0.2) is 0 Å². The molecule has 0 N–H and O–H groups in total. The molecule has 0 saturated heterocycles. The van der Waals surface area contributed by atoms with Crippen LogP contribution in [0.4, 0.5) is 0 Å². The second-order valence-electron chi connectivity index (χ2n) is 8.35. The fourth-order valence-corrected chi connectivity index (χ4v) is 9.54. The van der Waals surface area contributed by atoms with Crippen LogP contribution < -0.4 is 6.64 Å². The molecule has 0 amide bonds. The van der Waals surface area contributed by atoms with Crippen molar-refractivity contribution in [3.8, 4) is 33.9 Å². The normalized spacial score (nSPS) is 10.2. The molecule has 6 rings (SSSR count). The number of hydrogen-bond donors (Lipinski definition) is 0. The van der Waals surface area contributed by atoms with E-state index in [0.717, 1.165) is 22.8 Å². The summed E-state index contributed by atoms with van der Waals surface area (Å²) in [7, 11) is 0. The van der Waals surface area contributed by atoms with Crippen LogP contribution in [0.2, 0.25) is 0 Å². The molecule has 0 spiro atoms. The minimum atomic E-state index is -1.43. The van der Waals surface area contributed by atoms with Gasteiger partial charge in [-0.25, -0.2) is 0 Å². The molecule has 176 valence electrons. The third kappa shape index (κ3) is 6.57. The number of hydrogen-bond acceptors (Lipinski definition) is 4. The van der Waals surface area contributed by atoms with E-state index >= 15 is 0 Å². The molecule has 0 atom stereocenters. The fourth-order valence-electron chi connectivity index (χ4n) is 4.13. The van der Waals surface area contributed by atoms with Crippen LogP contribution in [0.15, 0.2) is 146 Å². The minimum Gasteiger partial charge on any atom is -0.255 e. The summed E-state index contributed by atoms with van der Waals surface area (Å²) >= 11 is -1.43. The van der Waals surface area contributed by atoms with Crippen LogP contribution in [0.25, 0.3) is 33.9 Å². The molecule has 4 heterocycles. The van der Waals surface area contributed by atoms with Crippen molar-refractivity contribution in [3.63, 3.8) is 0 Å². The summed E-state index contributed by atoms with van der Waals surface area (Å²) in [4.78, 5) is 17.5. The summed E-state index contributed by atoms with van der Waals surface area (Å²) in [6, 6.07) is 41.2. The second-order valence-corrected chi connectivity index (χ2v) is 13.7. The van der Waals surface area contributed by atoms with Gasteiger partial charge in [-0.1, -0.05) is 12.1 Å². The van der Waals surface area contributed by atoms with Crippen LogP contribution in [-0.2, 0) is 0 Å². The molecule has 0 fully saturated rings. The summed E-state index contributed by atoms with van der Waals surface area (Å²) in [5, 5.41) is 0. The Labute approximate surface area is 228 Å². The SMILES string of the molecule is c1ccc(-c2cccc[c]2[InH][c]2ccccc2-c2ccccn2)nc1.c1ccc(-c2ccccn2)nc1. The van der Waals surface area contributed by atoms with Crippen molar-refractivity contribution < 1.29 is 0 Å². The number of benzene rings is 2. The van der Waals surface area contributed by atoms with E-state index in [9.17, 15) is 0 Å². The van der Waals surface area contributed by atoms with Gasteiger partial charge in [0.2, 0.25) is 0 Å². The van der Waals surface area contributed by atoms with E-state index in [-0.39, 0.29) is 0 Å². The van der Waals surface area contributed by atoms with Gasteiger partial charge in [-0.3, -0.25) is 9.97 Å². The third-order valence-corrected chi connectivity index (χ3v) is 11.6. The third-order valence-electron chi connectivity index (χ3n) is 5.89. The predicted molar refractivity (Wildman–Crippen MR) is 153 cm³/mol. The fraction of sp³-hybridized carbons (Fsp3) is 0. The first-order chi connectivity index (χ1) is 18.4. The topological polar surface area (TPSA) is 51.6 Å². The van der Waals surface area contributed by atoms with Crippen LogP contribution in [-0.4, -0.2) is 42.8 Å². The summed E-state index contributed by atoms with van der Waals surface area (Å²) in [5.41, 5.74) is 6.50. The number of pyridine rings is 4. The van der Waals surface area contributed by atoms with Crippen LogP contribution in [0, 0.1) is 0 Å². The molecule has 0 unspecified atom stereocenters. The Morgan fingerprint density at radius 3 is 1.00 bits per heavy atom. The Kier molecular flexibility index (Phi) is 8.47. The number of rotatable bonds is 5. The predicted octanol–water partition coefficient (Wildman–Crippen LogP) is 5.34. The van der Waals surface area contributed by atoms with E-state index in [1.54, 1.807) is 12.4 Å². The Morgan fingerprint density at radius 2 is 0.649 bits per heavy atom. The molecular formula is C32H25InN4.